The molecule has 0 fully saturated rings. The highest BCUT2D eigenvalue weighted by Crippen LogP contribution is 2.36. The normalized spacial score (nSPS) is 11.3. The molecule has 0 spiro atoms. The topological polar surface area (TPSA) is 41.8 Å². The second kappa shape index (κ2) is 5.17. The fraction of sp³-hybridized carbons (Fsp3) is 0.0667. The van der Waals surface area contributed by atoms with Crippen molar-refractivity contribution in [3.8, 4) is 0 Å². The number of aromatic amines is 1. The molecule has 0 aliphatic heterocycles. The molecule has 3 rings (SSSR count). The molecule has 2 aromatic carbocycles. The van der Waals surface area contributed by atoms with Crippen molar-refractivity contribution in [3.63, 3.8) is 0 Å². The Kier molecular flexibility index (Phi) is 3.36. The van der Waals surface area contributed by atoms with Gasteiger partial charge in [0, 0.05) is 27.0 Å². The summed E-state index contributed by atoms with van der Waals surface area (Å²) in [5.41, 5.74) is 6.87. The molecule has 0 saturated carbocycles. The zero-order valence-electron chi connectivity index (χ0n) is 10.4. The fourth-order valence-electron chi connectivity index (χ4n) is 2.05. The number of halogens is 2. The van der Waals surface area contributed by atoms with Gasteiger partial charge in [0.15, 0.2) is 0 Å². The Morgan fingerprint density at radius 2 is 1.85 bits per heavy atom. The maximum Gasteiger partial charge on any atom is 0.265 e. The minimum atomic E-state index is -2.54. The van der Waals surface area contributed by atoms with E-state index in [0.717, 1.165) is 15.9 Å². The summed E-state index contributed by atoms with van der Waals surface area (Å²) in [6.07, 6.45) is -2.54. The second-order valence-corrected chi connectivity index (χ2v) is 5.50. The van der Waals surface area contributed by atoms with Crippen LogP contribution in [0.3, 0.4) is 0 Å². The van der Waals surface area contributed by atoms with Crippen LogP contribution in [0.25, 0.3) is 10.9 Å². The van der Waals surface area contributed by atoms with Crippen LogP contribution in [0.5, 0.6) is 0 Å². The molecule has 0 unspecified atom stereocenters. The number of rotatable bonds is 3. The molecule has 102 valence electrons. The van der Waals surface area contributed by atoms with Gasteiger partial charge in [0.2, 0.25) is 0 Å². The van der Waals surface area contributed by atoms with Crippen molar-refractivity contribution in [2.45, 2.75) is 16.3 Å². The third kappa shape index (κ3) is 2.49. The zero-order chi connectivity index (χ0) is 14.1. The average molecular weight is 290 g/mol. The highest BCUT2D eigenvalue weighted by molar-refractivity contribution is 7.99. The molecular formula is C15H12F2N2S. The van der Waals surface area contributed by atoms with Gasteiger partial charge in [-0.05, 0) is 30.3 Å². The Morgan fingerprint density at radius 3 is 2.60 bits per heavy atom. The maximum absolute atomic E-state index is 13.0. The predicted molar refractivity (Wildman–Crippen MR) is 78.2 cm³/mol. The van der Waals surface area contributed by atoms with Gasteiger partial charge in [0.05, 0.1) is 5.03 Å². The molecule has 0 atom stereocenters. The van der Waals surface area contributed by atoms with E-state index in [1.54, 1.807) is 12.1 Å². The molecule has 1 heterocycles. The zero-order valence-corrected chi connectivity index (χ0v) is 11.3. The molecule has 5 heteroatoms. The third-order valence-corrected chi connectivity index (χ3v) is 4.03. The number of aromatic nitrogens is 1. The molecule has 0 saturated heterocycles. The summed E-state index contributed by atoms with van der Waals surface area (Å²) < 4.78 is 26.1. The Balaban J connectivity index is 1.98. The van der Waals surface area contributed by atoms with Crippen LogP contribution < -0.4 is 5.73 Å². The molecule has 0 aliphatic rings. The van der Waals surface area contributed by atoms with Crippen LogP contribution in [0.2, 0.25) is 0 Å². The summed E-state index contributed by atoms with van der Waals surface area (Å²) in [5.74, 6) is 0. The number of H-pyrrole nitrogens is 1. The van der Waals surface area contributed by atoms with Crippen LogP contribution in [0, 0.1) is 0 Å². The minimum Gasteiger partial charge on any atom is -0.399 e. The fourth-order valence-corrected chi connectivity index (χ4v) is 3.04. The highest BCUT2D eigenvalue weighted by Gasteiger charge is 2.15. The summed E-state index contributed by atoms with van der Waals surface area (Å²) in [6, 6.07) is 14.4. The molecule has 2 nitrogen and oxygen atoms in total. The lowest BCUT2D eigenvalue weighted by atomic mass is 10.2. The summed E-state index contributed by atoms with van der Waals surface area (Å²) in [5, 5.41) is 1.89. The molecular weight excluding hydrogens is 278 g/mol. The van der Waals surface area contributed by atoms with Crippen molar-refractivity contribution in [1.29, 1.82) is 0 Å². The van der Waals surface area contributed by atoms with Crippen LogP contribution >= 0.6 is 11.8 Å². The Bertz CT molecular complexity index is 719. The van der Waals surface area contributed by atoms with Gasteiger partial charge < -0.3 is 10.7 Å². The van der Waals surface area contributed by atoms with E-state index < -0.39 is 6.43 Å². The highest BCUT2D eigenvalue weighted by atomic mass is 32.2. The summed E-state index contributed by atoms with van der Waals surface area (Å²) in [4.78, 5) is 3.73. The molecule has 0 aliphatic carbocycles. The smallest absolute Gasteiger partial charge is 0.265 e. The molecule has 20 heavy (non-hydrogen) atoms. The van der Waals surface area contributed by atoms with E-state index in [4.69, 9.17) is 5.73 Å². The summed E-state index contributed by atoms with van der Waals surface area (Å²) in [6.45, 7) is 0. The minimum absolute atomic E-state index is 0.0337. The van der Waals surface area contributed by atoms with Crippen molar-refractivity contribution >= 4 is 28.4 Å². The van der Waals surface area contributed by atoms with E-state index in [1.165, 1.54) is 17.8 Å². The first-order chi connectivity index (χ1) is 9.63. The second-order valence-electron chi connectivity index (χ2n) is 4.42. The Morgan fingerprint density at radius 1 is 1.05 bits per heavy atom. The van der Waals surface area contributed by atoms with Crippen LogP contribution in [0.1, 0.15) is 12.0 Å². The van der Waals surface area contributed by atoms with E-state index in [2.05, 4.69) is 4.98 Å². The lowest BCUT2D eigenvalue weighted by Crippen LogP contribution is -1.92. The Hall–Kier alpha value is -2.01. The van der Waals surface area contributed by atoms with Gasteiger partial charge in [-0.1, -0.05) is 30.0 Å². The summed E-state index contributed by atoms with van der Waals surface area (Å²) in [7, 11) is 0. The SMILES string of the molecule is Nc1ccc(Sc2cc3ccccc3[nH]2)c(C(F)F)c1. The van der Waals surface area contributed by atoms with E-state index in [-0.39, 0.29) is 5.56 Å². The monoisotopic (exact) mass is 290 g/mol. The number of hydrogen-bond donors (Lipinski definition) is 2. The van der Waals surface area contributed by atoms with E-state index in [1.807, 2.05) is 30.3 Å². The first-order valence-corrected chi connectivity index (χ1v) is 6.88. The molecule has 3 N–H and O–H groups in total. The number of para-hydroxylation sites is 1. The number of nitrogen functional groups attached to an aromatic ring is 1. The number of nitrogens with two attached hydrogens (primary N) is 1. The lowest BCUT2D eigenvalue weighted by molar-refractivity contribution is 0.148. The number of fused-ring (bicyclic) bond motifs is 1. The van der Waals surface area contributed by atoms with E-state index >= 15 is 0 Å². The van der Waals surface area contributed by atoms with Crippen LogP contribution in [0.4, 0.5) is 14.5 Å². The molecule has 1 aromatic heterocycles. The van der Waals surface area contributed by atoms with Gasteiger partial charge in [0.25, 0.3) is 6.43 Å². The first-order valence-electron chi connectivity index (χ1n) is 6.06. The van der Waals surface area contributed by atoms with Crippen molar-refractivity contribution in [3.05, 3.63) is 54.1 Å². The maximum atomic E-state index is 13.0. The number of nitrogens with one attached hydrogen (secondary N) is 1. The molecule has 0 amide bonds. The largest absolute Gasteiger partial charge is 0.399 e. The molecule has 3 aromatic rings. The van der Waals surface area contributed by atoms with Gasteiger partial charge in [0.1, 0.15) is 0 Å². The quantitative estimate of drug-likeness (QED) is 0.678. The van der Waals surface area contributed by atoms with E-state index in [9.17, 15) is 8.78 Å². The van der Waals surface area contributed by atoms with Crippen LogP contribution in [-0.2, 0) is 0 Å². The van der Waals surface area contributed by atoms with Gasteiger partial charge >= 0.3 is 0 Å². The first kappa shape index (κ1) is 13.0. The van der Waals surface area contributed by atoms with Crippen molar-refractivity contribution in [1.82, 2.24) is 4.98 Å². The van der Waals surface area contributed by atoms with E-state index in [0.29, 0.717) is 10.6 Å². The van der Waals surface area contributed by atoms with Crippen molar-refractivity contribution in [2.75, 3.05) is 5.73 Å². The molecule has 0 radical (unpaired) electrons. The van der Waals surface area contributed by atoms with Gasteiger partial charge in [-0.15, -0.1) is 0 Å². The van der Waals surface area contributed by atoms with Gasteiger partial charge in [-0.2, -0.15) is 0 Å². The Labute approximate surface area is 119 Å². The standard InChI is InChI=1S/C15H12F2N2S/c16-15(17)11-8-10(18)5-6-13(11)20-14-7-9-3-1-2-4-12(9)19-14/h1-8,15,19H,18H2. The van der Waals surface area contributed by atoms with Crippen molar-refractivity contribution < 1.29 is 8.78 Å². The van der Waals surface area contributed by atoms with Crippen LogP contribution in [0.15, 0.2) is 58.5 Å². The van der Waals surface area contributed by atoms with Crippen molar-refractivity contribution in [2.24, 2.45) is 0 Å². The third-order valence-electron chi connectivity index (χ3n) is 2.99. The molecule has 0 bridgehead atoms. The van der Waals surface area contributed by atoms with Crippen LogP contribution in [-0.4, -0.2) is 4.98 Å². The van der Waals surface area contributed by atoms with Gasteiger partial charge in [-0.3, -0.25) is 0 Å². The van der Waals surface area contributed by atoms with Gasteiger partial charge in [-0.25, -0.2) is 8.78 Å². The number of hydrogen-bond acceptors (Lipinski definition) is 2. The number of alkyl halides is 2. The number of anilines is 1. The number of benzene rings is 2. The summed E-state index contributed by atoms with van der Waals surface area (Å²) >= 11 is 1.29. The lowest BCUT2D eigenvalue weighted by Gasteiger charge is -2.08. The average Bonchev–Trinajstić information content (AvgIpc) is 2.82. The predicted octanol–water partition coefficient (Wildman–Crippen LogP) is 4.84.